The molecule has 0 amide bonds. The quantitative estimate of drug-likeness (QED) is 0.231. The summed E-state index contributed by atoms with van der Waals surface area (Å²) in [4.78, 5) is 46.7. The maximum absolute atomic E-state index is 13.0. The van der Waals surface area contributed by atoms with Gasteiger partial charge in [-0.25, -0.2) is 4.57 Å². The average molecular weight is 500 g/mol. The summed E-state index contributed by atoms with van der Waals surface area (Å²) in [5, 5.41) is -0.833. The zero-order valence-corrected chi connectivity index (χ0v) is 20.5. The van der Waals surface area contributed by atoms with Crippen LogP contribution in [0.1, 0.15) is 41.5 Å². The van der Waals surface area contributed by atoms with Gasteiger partial charge >= 0.3 is 31.7 Å². The lowest BCUT2D eigenvalue weighted by Gasteiger charge is -2.43. The summed E-state index contributed by atoms with van der Waals surface area (Å²) < 4.78 is 49.9. The highest BCUT2D eigenvalue weighted by Crippen LogP contribution is 2.54. The molecular formula is C18H29O12PS. The molecule has 0 radical (unpaired) electrons. The van der Waals surface area contributed by atoms with E-state index in [1.807, 2.05) is 0 Å². The van der Waals surface area contributed by atoms with Crippen LogP contribution in [-0.4, -0.2) is 72.7 Å². The van der Waals surface area contributed by atoms with Crippen LogP contribution in [-0.2, 0) is 56.3 Å². The van der Waals surface area contributed by atoms with Crippen molar-refractivity contribution in [3.63, 3.8) is 0 Å². The summed E-state index contributed by atoms with van der Waals surface area (Å²) in [5.74, 6) is -2.84. The van der Waals surface area contributed by atoms with Crippen molar-refractivity contribution in [2.75, 3.05) is 19.8 Å². The smallest absolute Gasteiger partial charge is 0.465 e. The molecule has 1 rings (SSSR count). The van der Waals surface area contributed by atoms with Gasteiger partial charge in [-0.3, -0.25) is 32.7 Å². The summed E-state index contributed by atoms with van der Waals surface area (Å²) in [6, 6.07) is 0. The van der Waals surface area contributed by atoms with E-state index in [2.05, 4.69) is 0 Å². The van der Waals surface area contributed by atoms with Gasteiger partial charge in [0.15, 0.2) is 23.7 Å². The van der Waals surface area contributed by atoms with Crippen molar-refractivity contribution in [2.45, 2.75) is 70.5 Å². The molecule has 1 aliphatic rings. The number of carbonyl (C=O) groups excluding carboxylic acids is 4. The highest BCUT2D eigenvalue weighted by Gasteiger charge is 2.54. The van der Waals surface area contributed by atoms with E-state index in [1.165, 1.54) is 6.92 Å². The Hall–Kier alpha value is -1.66. The van der Waals surface area contributed by atoms with Crippen LogP contribution in [0.5, 0.6) is 0 Å². The summed E-state index contributed by atoms with van der Waals surface area (Å²) >= 11 is 0.906. The molecule has 0 N–H and O–H groups in total. The molecule has 1 aliphatic heterocycles. The van der Waals surface area contributed by atoms with Crippen LogP contribution < -0.4 is 0 Å². The topological polar surface area (TPSA) is 150 Å². The molecule has 0 saturated carbocycles. The molecule has 0 aliphatic carbocycles. The molecule has 5 atom stereocenters. The van der Waals surface area contributed by atoms with Crippen molar-refractivity contribution < 1.29 is 56.3 Å². The lowest BCUT2D eigenvalue weighted by atomic mass is 10.0. The maximum atomic E-state index is 13.0. The minimum atomic E-state index is -4.11. The zero-order valence-electron chi connectivity index (χ0n) is 18.8. The number of carbonyl (C=O) groups is 4. The van der Waals surface area contributed by atoms with E-state index in [9.17, 15) is 23.7 Å². The first kappa shape index (κ1) is 28.4. The van der Waals surface area contributed by atoms with Crippen LogP contribution in [0.15, 0.2) is 0 Å². The number of ether oxygens (including phenoxy) is 4. The molecule has 14 heteroatoms. The van der Waals surface area contributed by atoms with Gasteiger partial charge < -0.3 is 18.9 Å². The first-order chi connectivity index (χ1) is 14.9. The van der Waals surface area contributed by atoms with Crippen molar-refractivity contribution in [3.05, 3.63) is 0 Å². The summed E-state index contributed by atoms with van der Waals surface area (Å²) in [6.45, 7) is 7.42. The summed E-state index contributed by atoms with van der Waals surface area (Å²) in [6.07, 6.45) is -3.89. The Balaban J connectivity index is 3.43. The Morgan fingerprint density at radius 1 is 0.750 bits per heavy atom. The van der Waals surface area contributed by atoms with Crippen LogP contribution >= 0.6 is 19.6 Å². The van der Waals surface area contributed by atoms with Gasteiger partial charge in [-0.1, -0.05) is 0 Å². The highest BCUT2D eigenvalue weighted by molar-refractivity contribution is 8.00. The number of hydrogen-bond donors (Lipinski definition) is 0. The van der Waals surface area contributed by atoms with Gasteiger partial charge in [-0.2, -0.15) is 0 Å². The van der Waals surface area contributed by atoms with Crippen LogP contribution in [0.25, 0.3) is 0 Å². The molecule has 32 heavy (non-hydrogen) atoms. The third-order valence-electron chi connectivity index (χ3n) is 3.76. The average Bonchev–Trinajstić information content (AvgIpc) is 2.64. The Labute approximate surface area is 190 Å². The summed E-state index contributed by atoms with van der Waals surface area (Å²) in [5.41, 5.74) is -1.25. The number of hydrogen-bond acceptors (Lipinski definition) is 13. The third kappa shape index (κ3) is 9.07. The fourth-order valence-electron chi connectivity index (χ4n) is 2.82. The number of thioether (sulfide) groups is 1. The van der Waals surface area contributed by atoms with Crippen LogP contribution in [0, 0.1) is 0 Å². The van der Waals surface area contributed by atoms with Gasteiger partial charge in [0.05, 0.1) is 18.5 Å². The third-order valence-corrected chi connectivity index (χ3v) is 6.92. The summed E-state index contributed by atoms with van der Waals surface area (Å²) in [7, 11) is -4.11. The fraction of sp³-hybridized carbons (Fsp3) is 0.778. The van der Waals surface area contributed by atoms with Crippen LogP contribution in [0.2, 0.25) is 0 Å². The molecule has 1 saturated heterocycles. The monoisotopic (exact) mass is 500 g/mol. The number of rotatable bonds is 11. The molecule has 1 unspecified atom stereocenters. The lowest BCUT2D eigenvalue weighted by molar-refractivity contribution is -0.190. The van der Waals surface area contributed by atoms with Crippen molar-refractivity contribution in [1.82, 2.24) is 0 Å². The number of phosphoric ester groups is 1. The van der Waals surface area contributed by atoms with Gasteiger partial charge in [-0.05, 0) is 13.8 Å². The van der Waals surface area contributed by atoms with Crippen molar-refractivity contribution >= 4 is 43.5 Å². The van der Waals surface area contributed by atoms with E-state index in [-0.39, 0.29) is 19.8 Å². The largest absolute Gasteiger partial charge is 0.475 e. The molecule has 1 heterocycles. The molecule has 12 nitrogen and oxygen atoms in total. The van der Waals surface area contributed by atoms with E-state index in [0.29, 0.717) is 0 Å². The molecule has 0 aromatic heterocycles. The number of esters is 4. The fourth-order valence-corrected chi connectivity index (χ4v) is 5.76. The Morgan fingerprint density at radius 3 is 1.66 bits per heavy atom. The first-order valence-electron chi connectivity index (χ1n) is 9.80. The van der Waals surface area contributed by atoms with Gasteiger partial charge in [0.2, 0.25) is 0 Å². The molecular weight excluding hydrogens is 471 g/mol. The molecule has 0 bridgehead atoms. The van der Waals surface area contributed by atoms with E-state index in [0.717, 1.165) is 32.5 Å². The van der Waals surface area contributed by atoms with E-state index in [1.54, 1.807) is 13.8 Å². The molecule has 0 aromatic rings. The Kier molecular flexibility index (Phi) is 11.7. The van der Waals surface area contributed by atoms with Gasteiger partial charge in [0.25, 0.3) is 0 Å². The van der Waals surface area contributed by atoms with E-state index < -0.39 is 60.7 Å². The molecule has 0 spiro atoms. The second-order valence-corrected chi connectivity index (χ2v) is 9.42. The Bertz CT molecular complexity index is 719. The van der Waals surface area contributed by atoms with Gasteiger partial charge in [0.1, 0.15) is 6.61 Å². The normalized spacial score (nSPS) is 25.5. The maximum Gasteiger partial charge on any atom is 0.475 e. The second-order valence-electron chi connectivity index (χ2n) is 6.46. The standard InChI is InChI=1S/C18H29O12PS/c1-7-25-31(23,26-8-2)30-18-17(29-13(6)22)16(28-12(5)21)15(27-11(4)20)14(32-18)9-24-10(3)19/h14-18H,7-9H2,1-6H3/t14-,15-,16+,17-,18?/m1/s1. The lowest BCUT2D eigenvalue weighted by Crippen LogP contribution is -2.59. The van der Waals surface area contributed by atoms with Crippen molar-refractivity contribution in [2.24, 2.45) is 0 Å². The van der Waals surface area contributed by atoms with Crippen molar-refractivity contribution in [1.29, 1.82) is 0 Å². The SMILES string of the molecule is CCOP(=O)(OCC)OC1S[C@H](COC(C)=O)[C@@H](OC(C)=O)[C@H](OC(C)=O)[C@H]1OC(C)=O. The zero-order chi connectivity index (χ0) is 24.5. The van der Waals surface area contributed by atoms with E-state index >= 15 is 0 Å². The predicted molar refractivity (Wildman–Crippen MR) is 110 cm³/mol. The van der Waals surface area contributed by atoms with E-state index in [4.69, 9.17) is 32.5 Å². The van der Waals surface area contributed by atoms with Gasteiger partial charge in [-0.15, -0.1) is 11.8 Å². The minimum Gasteiger partial charge on any atom is -0.465 e. The first-order valence-corrected chi connectivity index (χ1v) is 12.2. The minimum absolute atomic E-state index is 0.00673. The van der Waals surface area contributed by atoms with Crippen molar-refractivity contribution in [3.8, 4) is 0 Å². The molecule has 1 fully saturated rings. The number of phosphoric acid groups is 1. The van der Waals surface area contributed by atoms with Crippen LogP contribution in [0.3, 0.4) is 0 Å². The van der Waals surface area contributed by atoms with Gasteiger partial charge in [0, 0.05) is 27.7 Å². The molecule has 0 aromatic carbocycles. The highest BCUT2D eigenvalue weighted by atomic mass is 32.2. The Morgan fingerprint density at radius 2 is 1.22 bits per heavy atom. The second kappa shape index (κ2) is 13.1. The predicted octanol–water partition coefficient (Wildman–Crippen LogP) is 1.98. The molecule has 184 valence electrons. The van der Waals surface area contributed by atoms with Crippen LogP contribution in [0.4, 0.5) is 0 Å².